The maximum atomic E-state index is 12.0. The number of carbonyl (C=O) groups is 2. The Hall–Kier alpha value is -0.983. The van der Waals surface area contributed by atoms with Gasteiger partial charge in [-0.05, 0) is 24.2 Å². The Morgan fingerprint density at radius 2 is 1.90 bits per heavy atom. The fourth-order valence-electron chi connectivity index (χ4n) is 2.82. The van der Waals surface area contributed by atoms with Crippen LogP contribution in [0.25, 0.3) is 0 Å². The largest absolute Gasteiger partial charge is 0.392 e. The van der Waals surface area contributed by atoms with Gasteiger partial charge in [-0.1, -0.05) is 26.8 Å². The maximum absolute atomic E-state index is 12.0. The van der Waals surface area contributed by atoms with Gasteiger partial charge in [-0.15, -0.1) is 0 Å². The summed E-state index contributed by atoms with van der Waals surface area (Å²) >= 11 is 0. The highest BCUT2D eigenvalue weighted by Crippen LogP contribution is 2.54. The van der Waals surface area contributed by atoms with Gasteiger partial charge in [-0.2, -0.15) is 0 Å². The predicted octanol–water partition coefficient (Wildman–Crippen LogP) is 1.99. The van der Waals surface area contributed by atoms with Gasteiger partial charge in [0.2, 0.25) is 0 Å². The summed E-state index contributed by atoms with van der Waals surface area (Å²) in [6.07, 6.45) is 3.21. The van der Waals surface area contributed by atoms with Crippen LogP contribution in [0.4, 0.5) is 0 Å². The van der Waals surface area contributed by atoms with Crippen LogP contribution in [0.5, 0.6) is 0 Å². The topological polar surface area (TPSA) is 61.8 Å². The van der Waals surface area contributed by atoms with E-state index in [0.717, 1.165) is 0 Å². The molecule has 4 atom stereocenters. The number of esters is 2. The summed E-state index contributed by atoms with van der Waals surface area (Å²) in [5.41, 5.74) is 0. The molecule has 0 amide bonds. The van der Waals surface area contributed by atoms with Crippen molar-refractivity contribution >= 4 is 20.3 Å². The second kappa shape index (κ2) is 3.81. The van der Waals surface area contributed by atoms with Crippen molar-refractivity contribution in [2.24, 2.45) is 11.8 Å². The van der Waals surface area contributed by atoms with Crippen LogP contribution in [0.1, 0.15) is 20.8 Å². The van der Waals surface area contributed by atoms with E-state index in [0.29, 0.717) is 0 Å². The molecular formula is C14H20O5Si. The molecule has 3 heterocycles. The van der Waals surface area contributed by atoms with Gasteiger partial charge in [0, 0.05) is 0 Å². The van der Waals surface area contributed by atoms with Crippen molar-refractivity contribution in [2.75, 3.05) is 0 Å². The van der Waals surface area contributed by atoms with Crippen LogP contribution < -0.4 is 0 Å². The third-order valence-corrected chi connectivity index (χ3v) is 9.37. The fourth-order valence-corrected chi connectivity index (χ4v) is 4.16. The lowest BCUT2D eigenvalue weighted by Crippen LogP contribution is -2.52. The standard InChI is InChI=1S/C14H20O5Si/c1-13(2,3)20(4,5)19-14-7-6-8(18-14)9-10(14)12(16)17-11(9)15/h6-10H,1-5H3/t8-,9-,10+,14-/m1/s1. The van der Waals surface area contributed by atoms with Gasteiger partial charge in [-0.25, -0.2) is 0 Å². The third-order valence-electron chi connectivity index (χ3n) is 4.93. The maximum Gasteiger partial charge on any atom is 0.323 e. The molecule has 0 aromatic carbocycles. The van der Waals surface area contributed by atoms with Gasteiger partial charge in [0.05, 0.1) is 6.10 Å². The molecule has 3 rings (SSSR count). The minimum Gasteiger partial charge on any atom is -0.392 e. The minimum atomic E-state index is -2.14. The molecule has 0 aromatic rings. The van der Waals surface area contributed by atoms with Crippen LogP contribution in [-0.4, -0.2) is 32.1 Å². The van der Waals surface area contributed by atoms with Crippen LogP contribution in [0.15, 0.2) is 12.2 Å². The number of hydrogen-bond acceptors (Lipinski definition) is 5. The van der Waals surface area contributed by atoms with Crippen LogP contribution >= 0.6 is 0 Å². The molecule has 2 saturated heterocycles. The van der Waals surface area contributed by atoms with Crippen LogP contribution in [-0.2, 0) is 23.5 Å². The normalized spacial score (nSPS) is 39.4. The molecule has 0 saturated carbocycles. The molecule has 0 radical (unpaired) electrons. The second-order valence-electron chi connectivity index (χ2n) is 7.27. The van der Waals surface area contributed by atoms with Crippen molar-refractivity contribution < 1.29 is 23.5 Å². The first kappa shape index (κ1) is 14.0. The van der Waals surface area contributed by atoms with E-state index < -0.39 is 44.0 Å². The Balaban J connectivity index is 1.96. The Morgan fingerprint density at radius 3 is 2.50 bits per heavy atom. The zero-order valence-electron chi connectivity index (χ0n) is 12.4. The highest BCUT2D eigenvalue weighted by molar-refractivity contribution is 6.74. The van der Waals surface area contributed by atoms with Crippen molar-refractivity contribution in [1.29, 1.82) is 0 Å². The zero-order chi connectivity index (χ0) is 14.9. The first-order valence-electron chi connectivity index (χ1n) is 6.90. The smallest absolute Gasteiger partial charge is 0.323 e. The predicted molar refractivity (Wildman–Crippen MR) is 73.1 cm³/mol. The quantitative estimate of drug-likeness (QED) is 0.337. The lowest BCUT2D eigenvalue weighted by atomic mass is 9.83. The fraction of sp³-hybridized carbons (Fsp3) is 0.714. The van der Waals surface area contributed by atoms with Gasteiger partial charge < -0.3 is 13.9 Å². The van der Waals surface area contributed by atoms with E-state index >= 15 is 0 Å². The lowest BCUT2D eigenvalue weighted by Gasteiger charge is -2.42. The number of ether oxygens (including phenoxy) is 2. The van der Waals surface area contributed by atoms with Crippen LogP contribution in [0.3, 0.4) is 0 Å². The first-order chi connectivity index (χ1) is 9.07. The van der Waals surface area contributed by atoms with Gasteiger partial charge in [-0.3, -0.25) is 9.59 Å². The minimum absolute atomic E-state index is 0.0123. The summed E-state index contributed by atoms with van der Waals surface area (Å²) in [5.74, 6) is -3.32. The number of hydrogen-bond donors (Lipinski definition) is 0. The summed E-state index contributed by atoms with van der Waals surface area (Å²) in [5, 5.41) is -0.0123. The van der Waals surface area contributed by atoms with E-state index in [1.54, 1.807) is 6.08 Å². The van der Waals surface area contributed by atoms with E-state index in [2.05, 4.69) is 33.9 Å². The Kier molecular flexibility index (Phi) is 2.66. The molecule has 0 aromatic heterocycles. The van der Waals surface area contributed by atoms with Crippen LogP contribution in [0, 0.1) is 11.8 Å². The molecule has 2 bridgehead atoms. The molecule has 6 heteroatoms. The van der Waals surface area contributed by atoms with E-state index in [1.165, 1.54) is 0 Å². The van der Waals surface area contributed by atoms with Crippen molar-refractivity contribution in [3.05, 3.63) is 12.2 Å². The van der Waals surface area contributed by atoms with Crippen molar-refractivity contribution in [2.45, 2.75) is 50.8 Å². The van der Waals surface area contributed by atoms with E-state index in [-0.39, 0.29) is 5.04 Å². The summed E-state index contributed by atoms with van der Waals surface area (Å²) in [6, 6.07) is 0. The van der Waals surface area contributed by atoms with Gasteiger partial charge in [0.25, 0.3) is 0 Å². The Labute approximate surface area is 119 Å². The monoisotopic (exact) mass is 296 g/mol. The molecule has 3 aliphatic rings. The van der Waals surface area contributed by atoms with Crippen molar-refractivity contribution in [3.63, 3.8) is 0 Å². The number of rotatable bonds is 2. The molecule has 110 valence electrons. The molecule has 0 aliphatic carbocycles. The number of cyclic esters (lactones) is 2. The summed E-state index contributed by atoms with van der Waals surface area (Å²) in [6.45, 7) is 10.6. The van der Waals surface area contributed by atoms with Gasteiger partial charge >= 0.3 is 11.9 Å². The highest BCUT2D eigenvalue weighted by Gasteiger charge is 2.69. The molecule has 5 nitrogen and oxygen atoms in total. The summed E-state index contributed by atoms with van der Waals surface area (Å²) < 4.78 is 17.0. The number of fused-ring (bicyclic) bond motifs is 5. The molecule has 0 spiro atoms. The summed E-state index contributed by atoms with van der Waals surface area (Å²) in [4.78, 5) is 23.7. The highest BCUT2D eigenvalue weighted by atomic mass is 28.4. The molecule has 20 heavy (non-hydrogen) atoms. The molecular weight excluding hydrogens is 276 g/mol. The summed E-state index contributed by atoms with van der Waals surface area (Å²) in [7, 11) is -2.14. The molecule has 0 unspecified atom stereocenters. The van der Waals surface area contributed by atoms with Crippen molar-refractivity contribution in [1.82, 2.24) is 0 Å². The zero-order valence-corrected chi connectivity index (χ0v) is 13.4. The van der Waals surface area contributed by atoms with E-state index in [9.17, 15) is 9.59 Å². The second-order valence-corrected chi connectivity index (χ2v) is 12.0. The molecule has 0 N–H and O–H groups in total. The van der Waals surface area contributed by atoms with E-state index in [4.69, 9.17) is 13.9 Å². The molecule has 2 fully saturated rings. The average molecular weight is 296 g/mol. The van der Waals surface area contributed by atoms with Crippen molar-refractivity contribution in [3.8, 4) is 0 Å². The lowest BCUT2D eigenvalue weighted by molar-refractivity contribution is -0.174. The average Bonchev–Trinajstić information content (AvgIpc) is 2.88. The Morgan fingerprint density at radius 1 is 1.25 bits per heavy atom. The number of carbonyl (C=O) groups excluding carboxylic acids is 2. The van der Waals surface area contributed by atoms with E-state index in [1.807, 2.05) is 6.08 Å². The SMILES string of the molecule is CC(C)(C)[Si](C)(C)O[C@@]12C=C[C@@H](O1)[C@H]1C(=O)OC(=O)[C@H]12. The molecule has 3 aliphatic heterocycles. The Bertz CT molecular complexity index is 518. The third kappa shape index (κ3) is 1.68. The van der Waals surface area contributed by atoms with Gasteiger partial charge in [0.15, 0.2) is 14.1 Å². The van der Waals surface area contributed by atoms with Crippen LogP contribution in [0.2, 0.25) is 18.1 Å². The van der Waals surface area contributed by atoms with Gasteiger partial charge in [0.1, 0.15) is 11.8 Å². The first-order valence-corrected chi connectivity index (χ1v) is 9.81.